The minimum absolute atomic E-state index is 0.130. The third-order valence-electron chi connectivity index (χ3n) is 3.77. The lowest BCUT2D eigenvalue weighted by atomic mass is 10.1. The van der Waals surface area contributed by atoms with Gasteiger partial charge < -0.3 is 9.47 Å². The van der Waals surface area contributed by atoms with Gasteiger partial charge in [0.25, 0.3) is 5.91 Å². The summed E-state index contributed by atoms with van der Waals surface area (Å²) in [5.41, 5.74) is 5.93. The minimum Gasteiger partial charge on any atom is -0.493 e. The largest absolute Gasteiger partial charge is 0.493 e. The molecule has 0 radical (unpaired) electrons. The van der Waals surface area contributed by atoms with E-state index in [0.717, 1.165) is 18.4 Å². The smallest absolute Gasteiger partial charge is 0.269 e. The molecule has 2 rings (SSSR count). The first-order valence-corrected chi connectivity index (χ1v) is 9.05. The molecule has 0 heterocycles. The zero-order valence-electron chi connectivity index (χ0n) is 15.4. The first kappa shape index (κ1) is 20.6. The van der Waals surface area contributed by atoms with Crippen LogP contribution in [-0.2, 0) is 11.2 Å². The third-order valence-corrected chi connectivity index (χ3v) is 4.03. The molecule has 0 fully saturated rings. The summed E-state index contributed by atoms with van der Waals surface area (Å²) in [6, 6.07) is 11.8. The van der Waals surface area contributed by atoms with Gasteiger partial charge in [-0.05, 0) is 42.3 Å². The van der Waals surface area contributed by atoms with Crippen molar-refractivity contribution in [2.24, 2.45) is 0 Å². The number of ether oxygens (including phenoxy) is 2. The van der Waals surface area contributed by atoms with Crippen LogP contribution in [0.1, 0.15) is 35.7 Å². The standard InChI is InChI=1S/C20H23ClN2O4/c1-3-4-11-27-17-10-7-15(13-18(17)26-2)20(25)23-22-19(24)12-14-5-8-16(21)9-6-14/h5-10,13H,3-4,11-12H2,1-2H3,(H,22,24)(H,23,25). The van der Waals surface area contributed by atoms with Crippen molar-refractivity contribution < 1.29 is 19.1 Å². The number of rotatable bonds is 8. The average molecular weight is 391 g/mol. The second-order valence-electron chi connectivity index (χ2n) is 5.87. The van der Waals surface area contributed by atoms with Gasteiger partial charge in [-0.15, -0.1) is 0 Å². The number of nitrogens with one attached hydrogen (secondary N) is 2. The van der Waals surface area contributed by atoms with Crippen LogP contribution in [0, 0.1) is 0 Å². The maximum atomic E-state index is 12.2. The molecule has 2 aromatic carbocycles. The van der Waals surface area contributed by atoms with E-state index in [4.69, 9.17) is 21.1 Å². The summed E-state index contributed by atoms with van der Waals surface area (Å²) >= 11 is 5.81. The molecule has 144 valence electrons. The van der Waals surface area contributed by atoms with Crippen LogP contribution in [0.3, 0.4) is 0 Å². The van der Waals surface area contributed by atoms with Crippen molar-refractivity contribution in [1.29, 1.82) is 0 Å². The minimum atomic E-state index is -0.446. The van der Waals surface area contributed by atoms with Crippen LogP contribution >= 0.6 is 11.6 Å². The monoisotopic (exact) mass is 390 g/mol. The molecule has 0 aliphatic rings. The topological polar surface area (TPSA) is 76.7 Å². The fraction of sp³-hybridized carbons (Fsp3) is 0.300. The first-order valence-electron chi connectivity index (χ1n) is 8.68. The van der Waals surface area contributed by atoms with Crippen molar-refractivity contribution in [3.05, 3.63) is 58.6 Å². The highest BCUT2D eigenvalue weighted by molar-refractivity contribution is 6.30. The molecule has 2 amide bonds. The van der Waals surface area contributed by atoms with E-state index in [9.17, 15) is 9.59 Å². The number of hydrogen-bond acceptors (Lipinski definition) is 4. The highest BCUT2D eigenvalue weighted by Crippen LogP contribution is 2.28. The van der Waals surface area contributed by atoms with E-state index in [2.05, 4.69) is 17.8 Å². The Morgan fingerprint density at radius 2 is 1.78 bits per heavy atom. The fourth-order valence-corrected chi connectivity index (χ4v) is 2.41. The lowest BCUT2D eigenvalue weighted by Crippen LogP contribution is -2.42. The summed E-state index contributed by atoms with van der Waals surface area (Å²) in [6.45, 7) is 2.66. The van der Waals surface area contributed by atoms with Gasteiger partial charge in [-0.25, -0.2) is 0 Å². The lowest BCUT2D eigenvalue weighted by molar-refractivity contribution is -0.121. The van der Waals surface area contributed by atoms with Gasteiger partial charge in [0.05, 0.1) is 20.1 Å². The number of methoxy groups -OCH3 is 1. The normalized spacial score (nSPS) is 10.2. The molecule has 0 saturated carbocycles. The zero-order valence-corrected chi connectivity index (χ0v) is 16.1. The SMILES string of the molecule is CCCCOc1ccc(C(=O)NNC(=O)Cc2ccc(Cl)cc2)cc1OC. The zero-order chi connectivity index (χ0) is 19.6. The Bertz CT molecular complexity index is 778. The Kier molecular flexibility index (Phi) is 7.95. The molecule has 2 aromatic rings. The van der Waals surface area contributed by atoms with Crippen LogP contribution in [0.4, 0.5) is 0 Å². The van der Waals surface area contributed by atoms with E-state index in [0.29, 0.717) is 28.7 Å². The lowest BCUT2D eigenvalue weighted by Gasteiger charge is -2.12. The van der Waals surface area contributed by atoms with Gasteiger partial charge in [0.15, 0.2) is 11.5 Å². The van der Waals surface area contributed by atoms with Crippen molar-refractivity contribution in [3.63, 3.8) is 0 Å². The predicted octanol–water partition coefficient (Wildman–Crippen LogP) is 3.53. The molecule has 0 bridgehead atoms. The number of carbonyl (C=O) groups is 2. The molecule has 0 aliphatic carbocycles. The second-order valence-corrected chi connectivity index (χ2v) is 6.31. The van der Waals surface area contributed by atoms with Crippen LogP contribution in [0.25, 0.3) is 0 Å². The Morgan fingerprint density at radius 3 is 2.44 bits per heavy atom. The number of unbranched alkanes of at least 4 members (excludes halogenated alkanes) is 1. The molecular formula is C20H23ClN2O4. The molecule has 0 aromatic heterocycles. The van der Waals surface area contributed by atoms with E-state index >= 15 is 0 Å². The molecule has 6 nitrogen and oxygen atoms in total. The summed E-state index contributed by atoms with van der Waals surface area (Å²) in [6.07, 6.45) is 2.09. The van der Waals surface area contributed by atoms with Crippen molar-refractivity contribution in [2.75, 3.05) is 13.7 Å². The Balaban J connectivity index is 1.90. The van der Waals surface area contributed by atoms with Gasteiger partial charge in [-0.3, -0.25) is 20.4 Å². The molecular weight excluding hydrogens is 368 g/mol. The maximum Gasteiger partial charge on any atom is 0.269 e. The van der Waals surface area contributed by atoms with Crippen molar-refractivity contribution >= 4 is 23.4 Å². The van der Waals surface area contributed by atoms with Gasteiger partial charge in [0, 0.05) is 10.6 Å². The molecule has 0 aliphatic heterocycles. The molecule has 0 saturated heterocycles. The van der Waals surface area contributed by atoms with Crippen LogP contribution < -0.4 is 20.3 Å². The number of hydrogen-bond donors (Lipinski definition) is 2. The second kappa shape index (κ2) is 10.4. The number of amides is 2. The van der Waals surface area contributed by atoms with Gasteiger partial charge >= 0.3 is 0 Å². The van der Waals surface area contributed by atoms with Gasteiger partial charge in [0.1, 0.15) is 0 Å². The molecule has 0 atom stereocenters. The summed E-state index contributed by atoms with van der Waals surface area (Å²) in [5.74, 6) is 0.260. The first-order chi connectivity index (χ1) is 13.0. The Morgan fingerprint density at radius 1 is 1.04 bits per heavy atom. The quantitative estimate of drug-likeness (QED) is 0.534. The summed E-state index contributed by atoms with van der Waals surface area (Å²) < 4.78 is 10.9. The number of halogens is 1. The Labute approximate surface area is 163 Å². The Hall–Kier alpha value is -2.73. The van der Waals surface area contributed by atoms with Crippen molar-refractivity contribution in [2.45, 2.75) is 26.2 Å². The van der Waals surface area contributed by atoms with Crippen LogP contribution in [0.5, 0.6) is 11.5 Å². The van der Waals surface area contributed by atoms with Crippen LogP contribution in [0.2, 0.25) is 5.02 Å². The van der Waals surface area contributed by atoms with E-state index in [1.54, 1.807) is 42.5 Å². The van der Waals surface area contributed by atoms with Crippen molar-refractivity contribution in [1.82, 2.24) is 10.9 Å². The summed E-state index contributed by atoms with van der Waals surface area (Å²) in [4.78, 5) is 24.2. The van der Waals surface area contributed by atoms with E-state index in [1.165, 1.54) is 7.11 Å². The van der Waals surface area contributed by atoms with Gasteiger partial charge in [-0.1, -0.05) is 37.1 Å². The van der Waals surface area contributed by atoms with E-state index in [1.807, 2.05) is 0 Å². The highest BCUT2D eigenvalue weighted by Gasteiger charge is 2.12. The molecule has 0 spiro atoms. The number of benzene rings is 2. The van der Waals surface area contributed by atoms with Crippen LogP contribution in [0.15, 0.2) is 42.5 Å². The highest BCUT2D eigenvalue weighted by atomic mass is 35.5. The van der Waals surface area contributed by atoms with Crippen molar-refractivity contribution in [3.8, 4) is 11.5 Å². The predicted molar refractivity (Wildman–Crippen MR) is 104 cm³/mol. The number of hydrazine groups is 1. The molecule has 2 N–H and O–H groups in total. The maximum absolute atomic E-state index is 12.2. The molecule has 0 unspecified atom stereocenters. The van der Waals surface area contributed by atoms with E-state index < -0.39 is 5.91 Å². The fourth-order valence-electron chi connectivity index (χ4n) is 2.29. The van der Waals surface area contributed by atoms with E-state index in [-0.39, 0.29) is 12.3 Å². The summed E-state index contributed by atoms with van der Waals surface area (Å²) in [5, 5.41) is 0.600. The van der Waals surface area contributed by atoms with Crippen LogP contribution in [-0.4, -0.2) is 25.5 Å². The third kappa shape index (κ3) is 6.49. The van der Waals surface area contributed by atoms with Gasteiger partial charge in [-0.2, -0.15) is 0 Å². The summed E-state index contributed by atoms with van der Waals surface area (Å²) in [7, 11) is 1.51. The number of carbonyl (C=O) groups excluding carboxylic acids is 2. The average Bonchev–Trinajstić information content (AvgIpc) is 2.68. The molecule has 27 heavy (non-hydrogen) atoms. The van der Waals surface area contributed by atoms with Gasteiger partial charge in [0.2, 0.25) is 5.91 Å². The molecule has 7 heteroatoms.